The standard InChI is InChI=1S/C25H33N5O6.C2H6/c1-4-29(24(26)34)13-5-6-19-10-12-21(36-19)25(27-2,23(33)28-16-31)15-30-14-17-7-8-18(35-3)9-11-20(17)22(30)32;1-2/h7-12,16,18,27H,4-6,13-15H2,1-3H3,(H2,26,34)(H,28,31,33);1-2H3/t18?,25-;/m0./s1. The number of nitrogens with zero attached hydrogens (tertiary/aromatic N) is 2. The number of aryl methyl sites for hydroxylation is 1. The number of likely N-dealkylation sites (N-methyl/N-ethyl adjacent to an activating group) is 1. The molecule has 4 N–H and O–H groups in total. The van der Waals surface area contributed by atoms with Crippen molar-refractivity contribution < 1.29 is 28.3 Å². The maximum atomic E-state index is 13.2. The van der Waals surface area contributed by atoms with Gasteiger partial charge in [-0.3, -0.25) is 25.0 Å². The van der Waals surface area contributed by atoms with Gasteiger partial charge in [-0.1, -0.05) is 38.2 Å². The number of primary amides is 1. The van der Waals surface area contributed by atoms with Crippen LogP contribution in [0.3, 0.4) is 0 Å². The molecule has 0 fully saturated rings. The number of nitrogens with two attached hydrogens (primary N) is 1. The Hall–Kier alpha value is -3.70. The van der Waals surface area contributed by atoms with Crippen LogP contribution in [0.4, 0.5) is 4.79 Å². The number of nitrogens with one attached hydrogen (secondary N) is 2. The topological polar surface area (TPSA) is 147 Å². The van der Waals surface area contributed by atoms with Crippen LogP contribution in [-0.2, 0) is 31.1 Å². The number of furan rings is 1. The van der Waals surface area contributed by atoms with E-state index in [-0.39, 0.29) is 30.9 Å². The normalized spacial score (nSPS) is 17.8. The fraction of sp³-hybridized carbons (Fsp3) is 0.481. The number of ether oxygens (including phenoxy) is 1. The molecule has 1 aliphatic heterocycles. The maximum Gasteiger partial charge on any atom is 0.314 e. The average molecular weight is 530 g/mol. The second-order valence-corrected chi connectivity index (χ2v) is 8.55. The number of imide groups is 1. The minimum absolute atomic E-state index is 0.0668. The van der Waals surface area contributed by atoms with Crippen molar-refractivity contribution in [2.24, 2.45) is 5.73 Å². The van der Waals surface area contributed by atoms with Crippen molar-refractivity contribution in [3.8, 4) is 0 Å². The third kappa shape index (κ3) is 6.78. The molecule has 0 radical (unpaired) electrons. The summed E-state index contributed by atoms with van der Waals surface area (Å²) in [6.45, 7) is 7.04. The van der Waals surface area contributed by atoms with E-state index in [9.17, 15) is 19.2 Å². The Labute approximate surface area is 223 Å². The van der Waals surface area contributed by atoms with Gasteiger partial charge >= 0.3 is 6.03 Å². The lowest BCUT2D eigenvalue weighted by Gasteiger charge is -2.33. The van der Waals surface area contributed by atoms with Gasteiger partial charge < -0.3 is 24.7 Å². The van der Waals surface area contributed by atoms with Gasteiger partial charge in [-0.15, -0.1) is 0 Å². The van der Waals surface area contributed by atoms with Gasteiger partial charge in [-0.05, 0) is 38.1 Å². The largest absolute Gasteiger partial charge is 0.463 e. The molecular formula is C27H39N5O6. The molecule has 0 saturated carbocycles. The zero-order chi connectivity index (χ0) is 28.3. The summed E-state index contributed by atoms with van der Waals surface area (Å²) in [5, 5.41) is 5.19. The van der Waals surface area contributed by atoms with Crippen LogP contribution < -0.4 is 16.4 Å². The molecule has 0 spiro atoms. The summed E-state index contributed by atoms with van der Waals surface area (Å²) >= 11 is 0. The molecule has 0 bridgehead atoms. The molecule has 3 rings (SSSR count). The van der Waals surface area contributed by atoms with E-state index in [0.717, 1.165) is 5.57 Å². The number of amides is 5. The number of urea groups is 1. The average Bonchev–Trinajstić information content (AvgIpc) is 3.44. The van der Waals surface area contributed by atoms with Crippen LogP contribution in [0.25, 0.3) is 0 Å². The Bertz CT molecular complexity index is 1090. The molecule has 0 saturated heterocycles. The summed E-state index contributed by atoms with van der Waals surface area (Å²) in [5.41, 5.74) is 5.19. The van der Waals surface area contributed by atoms with E-state index in [1.807, 2.05) is 32.9 Å². The zero-order valence-electron chi connectivity index (χ0n) is 22.8. The van der Waals surface area contributed by atoms with E-state index in [1.54, 1.807) is 43.3 Å². The molecule has 2 heterocycles. The Balaban J connectivity index is 0.00000247. The van der Waals surface area contributed by atoms with E-state index in [1.165, 1.54) is 4.90 Å². The molecule has 0 aromatic carbocycles. The zero-order valence-corrected chi connectivity index (χ0v) is 22.8. The lowest BCUT2D eigenvalue weighted by molar-refractivity contribution is -0.134. The number of methoxy groups -OCH3 is 1. The monoisotopic (exact) mass is 529 g/mol. The predicted molar refractivity (Wildman–Crippen MR) is 143 cm³/mol. The molecule has 11 nitrogen and oxygen atoms in total. The van der Waals surface area contributed by atoms with Gasteiger partial charge in [0.05, 0.1) is 12.6 Å². The van der Waals surface area contributed by atoms with Gasteiger partial charge in [0.25, 0.3) is 11.8 Å². The number of rotatable bonds is 12. The molecule has 2 aliphatic rings. The molecule has 1 aromatic rings. The number of hydrogen-bond acceptors (Lipinski definition) is 7. The van der Waals surface area contributed by atoms with Crippen molar-refractivity contribution in [1.29, 1.82) is 0 Å². The highest BCUT2D eigenvalue weighted by molar-refractivity contribution is 6.01. The summed E-state index contributed by atoms with van der Waals surface area (Å²) in [7, 11) is 3.16. The maximum absolute atomic E-state index is 13.2. The van der Waals surface area contributed by atoms with Crippen LogP contribution in [0.1, 0.15) is 38.7 Å². The summed E-state index contributed by atoms with van der Waals surface area (Å²) in [6, 6.07) is 2.91. The summed E-state index contributed by atoms with van der Waals surface area (Å²) in [5.74, 6) is -0.0181. The highest BCUT2D eigenvalue weighted by atomic mass is 16.5. The first-order valence-corrected chi connectivity index (χ1v) is 12.8. The third-order valence-electron chi connectivity index (χ3n) is 6.50. The van der Waals surface area contributed by atoms with Crippen LogP contribution in [0.5, 0.6) is 0 Å². The molecule has 208 valence electrons. The minimum Gasteiger partial charge on any atom is -0.463 e. The van der Waals surface area contributed by atoms with Crippen LogP contribution in [-0.4, -0.2) is 80.5 Å². The molecule has 1 aliphatic carbocycles. The van der Waals surface area contributed by atoms with Gasteiger partial charge in [0.15, 0.2) is 5.54 Å². The molecule has 11 heteroatoms. The Morgan fingerprint density at radius 3 is 2.61 bits per heavy atom. The Morgan fingerprint density at radius 1 is 1.29 bits per heavy atom. The number of hydrogen-bond donors (Lipinski definition) is 3. The van der Waals surface area contributed by atoms with E-state index < -0.39 is 17.5 Å². The first kappa shape index (κ1) is 30.5. The number of carbonyl (C=O) groups is 4. The molecule has 1 unspecified atom stereocenters. The lowest BCUT2D eigenvalue weighted by atomic mass is 9.94. The third-order valence-corrected chi connectivity index (χ3v) is 6.50. The van der Waals surface area contributed by atoms with Gasteiger partial charge in [-0.25, -0.2) is 4.79 Å². The molecule has 1 aromatic heterocycles. The Morgan fingerprint density at radius 2 is 2.00 bits per heavy atom. The van der Waals surface area contributed by atoms with Gasteiger partial charge in [-0.2, -0.15) is 0 Å². The van der Waals surface area contributed by atoms with E-state index >= 15 is 0 Å². The second kappa shape index (κ2) is 14.3. The van der Waals surface area contributed by atoms with Crippen molar-refractivity contribution in [2.75, 3.05) is 40.3 Å². The van der Waals surface area contributed by atoms with Crippen molar-refractivity contribution in [1.82, 2.24) is 20.4 Å². The van der Waals surface area contributed by atoms with Crippen LogP contribution in [0, 0.1) is 0 Å². The molecule has 5 amide bonds. The SMILES string of the molecule is CC.CCN(CCCc1ccc([C@](CN2CC3=C(C=CC(OC)C=C3)C2=O)(NC)C(=O)NC=O)o1)C(N)=O. The quantitative estimate of drug-likeness (QED) is 0.349. The molecular weight excluding hydrogens is 490 g/mol. The fourth-order valence-electron chi connectivity index (χ4n) is 4.39. The smallest absolute Gasteiger partial charge is 0.314 e. The van der Waals surface area contributed by atoms with E-state index in [4.69, 9.17) is 14.9 Å². The van der Waals surface area contributed by atoms with Crippen LogP contribution in [0.2, 0.25) is 0 Å². The lowest BCUT2D eigenvalue weighted by Crippen LogP contribution is -2.59. The predicted octanol–water partition coefficient (Wildman–Crippen LogP) is 1.61. The minimum atomic E-state index is -1.51. The second-order valence-electron chi connectivity index (χ2n) is 8.55. The van der Waals surface area contributed by atoms with Crippen molar-refractivity contribution in [3.63, 3.8) is 0 Å². The first-order chi connectivity index (χ1) is 18.3. The van der Waals surface area contributed by atoms with Gasteiger partial charge in [0.2, 0.25) is 6.41 Å². The van der Waals surface area contributed by atoms with Crippen molar-refractivity contribution in [3.05, 3.63) is 59.1 Å². The summed E-state index contributed by atoms with van der Waals surface area (Å²) < 4.78 is 11.3. The van der Waals surface area contributed by atoms with Crippen molar-refractivity contribution >= 4 is 24.3 Å². The van der Waals surface area contributed by atoms with Crippen LogP contribution >= 0.6 is 0 Å². The summed E-state index contributed by atoms with van der Waals surface area (Å²) in [4.78, 5) is 52.0. The van der Waals surface area contributed by atoms with E-state index in [2.05, 4.69) is 10.6 Å². The van der Waals surface area contributed by atoms with Crippen LogP contribution in [0.15, 0.2) is 52.0 Å². The van der Waals surface area contributed by atoms with Gasteiger partial charge in [0, 0.05) is 38.7 Å². The number of carbonyl (C=O) groups excluding carboxylic acids is 4. The van der Waals surface area contributed by atoms with E-state index in [0.29, 0.717) is 43.7 Å². The summed E-state index contributed by atoms with van der Waals surface area (Å²) in [6.07, 6.45) is 8.43. The molecule has 38 heavy (non-hydrogen) atoms. The first-order valence-electron chi connectivity index (χ1n) is 12.8. The van der Waals surface area contributed by atoms with Crippen molar-refractivity contribution in [2.45, 2.75) is 45.3 Å². The fourth-order valence-corrected chi connectivity index (χ4v) is 4.39. The Kier molecular flexibility index (Phi) is 11.5. The van der Waals surface area contributed by atoms with Gasteiger partial charge in [0.1, 0.15) is 11.5 Å². The molecule has 2 atom stereocenters. The highest BCUT2D eigenvalue weighted by Crippen LogP contribution is 2.31. The highest BCUT2D eigenvalue weighted by Gasteiger charge is 2.46.